The van der Waals surface area contributed by atoms with Crippen LogP contribution in [0.4, 0.5) is 0 Å². The van der Waals surface area contributed by atoms with Gasteiger partial charge in [-0.05, 0) is 18.4 Å². The fraction of sp³-hybridized carbons (Fsp3) is 0.636. The number of aromatic nitrogens is 2. The van der Waals surface area contributed by atoms with Crippen molar-refractivity contribution >= 4 is 0 Å². The molecule has 1 aromatic rings. The minimum atomic E-state index is 0.252. The normalized spacial score (nSPS) is 13.2. The van der Waals surface area contributed by atoms with E-state index in [1.807, 2.05) is 12.3 Å². The molecule has 1 atom stereocenters. The molecule has 0 saturated carbocycles. The Morgan fingerprint density at radius 1 is 1.36 bits per heavy atom. The lowest BCUT2D eigenvalue weighted by Gasteiger charge is -2.09. The Hall–Kier alpha value is -0.960. The second kappa shape index (κ2) is 5.05. The lowest BCUT2D eigenvalue weighted by atomic mass is 10.1. The summed E-state index contributed by atoms with van der Waals surface area (Å²) in [7, 11) is 0. The van der Waals surface area contributed by atoms with Crippen LogP contribution < -0.4 is 5.73 Å². The van der Waals surface area contributed by atoms with Crippen LogP contribution in [0.25, 0.3) is 0 Å². The highest BCUT2D eigenvalue weighted by molar-refractivity contribution is 5.06. The summed E-state index contributed by atoms with van der Waals surface area (Å²) in [6.45, 7) is 7.03. The number of nitrogens with zero attached hydrogens (tertiary/aromatic N) is 2. The van der Waals surface area contributed by atoms with Gasteiger partial charge in [0, 0.05) is 24.4 Å². The molecule has 3 nitrogen and oxygen atoms in total. The Labute approximate surface area is 85.8 Å². The van der Waals surface area contributed by atoms with E-state index in [4.69, 9.17) is 5.73 Å². The maximum atomic E-state index is 5.58. The fourth-order valence-electron chi connectivity index (χ4n) is 1.29. The van der Waals surface area contributed by atoms with Crippen molar-refractivity contribution in [3.63, 3.8) is 0 Å². The van der Waals surface area contributed by atoms with Crippen molar-refractivity contribution in [2.75, 3.05) is 6.54 Å². The molecule has 0 spiro atoms. The molecule has 1 rings (SSSR count). The van der Waals surface area contributed by atoms with Crippen LogP contribution in [0.15, 0.2) is 12.3 Å². The lowest BCUT2D eigenvalue weighted by Crippen LogP contribution is -2.13. The third kappa shape index (κ3) is 3.07. The first-order valence-corrected chi connectivity index (χ1v) is 5.15. The van der Waals surface area contributed by atoms with E-state index >= 15 is 0 Å². The maximum Gasteiger partial charge on any atom is 0.132 e. The van der Waals surface area contributed by atoms with Gasteiger partial charge in [0.05, 0.1) is 0 Å². The van der Waals surface area contributed by atoms with Crippen molar-refractivity contribution in [1.29, 1.82) is 0 Å². The van der Waals surface area contributed by atoms with Gasteiger partial charge in [0.2, 0.25) is 0 Å². The highest BCUT2D eigenvalue weighted by Gasteiger charge is 2.07. The molecule has 78 valence electrons. The predicted molar refractivity (Wildman–Crippen MR) is 58.0 cm³/mol. The molecular formula is C11H19N3. The highest BCUT2D eigenvalue weighted by atomic mass is 14.9. The standard InChI is InChI=1S/C11H19N3/c1-8(2)6-10-4-5-13-11(14-10)9(3)7-12/h4-5,8-9H,6-7,12H2,1-3H3. The van der Waals surface area contributed by atoms with E-state index in [1.54, 1.807) is 0 Å². The van der Waals surface area contributed by atoms with E-state index in [1.165, 1.54) is 0 Å². The molecule has 1 aromatic heterocycles. The molecule has 0 aliphatic carbocycles. The Balaban J connectivity index is 2.78. The SMILES string of the molecule is CC(C)Cc1ccnc(C(C)CN)n1. The summed E-state index contributed by atoms with van der Waals surface area (Å²) < 4.78 is 0. The monoisotopic (exact) mass is 193 g/mol. The van der Waals surface area contributed by atoms with Crippen LogP contribution in [0.5, 0.6) is 0 Å². The van der Waals surface area contributed by atoms with Gasteiger partial charge in [-0.2, -0.15) is 0 Å². The van der Waals surface area contributed by atoms with Gasteiger partial charge in [-0.1, -0.05) is 20.8 Å². The number of nitrogens with two attached hydrogens (primary N) is 1. The lowest BCUT2D eigenvalue weighted by molar-refractivity contribution is 0.621. The van der Waals surface area contributed by atoms with Crippen LogP contribution in [-0.4, -0.2) is 16.5 Å². The van der Waals surface area contributed by atoms with Gasteiger partial charge >= 0.3 is 0 Å². The summed E-state index contributed by atoms with van der Waals surface area (Å²) in [5.74, 6) is 1.75. The first-order chi connectivity index (χ1) is 6.63. The molecule has 3 heteroatoms. The van der Waals surface area contributed by atoms with Crippen LogP contribution in [-0.2, 0) is 6.42 Å². The van der Waals surface area contributed by atoms with E-state index < -0.39 is 0 Å². The molecule has 0 aliphatic rings. The van der Waals surface area contributed by atoms with Gasteiger partial charge in [-0.3, -0.25) is 0 Å². The van der Waals surface area contributed by atoms with Crippen LogP contribution in [0, 0.1) is 5.92 Å². The molecule has 0 amide bonds. The molecule has 14 heavy (non-hydrogen) atoms. The van der Waals surface area contributed by atoms with Crippen LogP contribution >= 0.6 is 0 Å². The fourth-order valence-corrected chi connectivity index (χ4v) is 1.29. The van der Waals surface area contributed by atoms with Crippen LogP contribution in [0.2, 0.25) is 0 Å². The number of hydrogen-bond acceptors (Lipinski definition) is 3. The van der Waals surface area contributed by atoms with Crippen molar-refractivity contribution in [3.8, 4) is 0 Å². The second-order valence-corrected chi connectivity index (χ2v) is 4.14. The average Bonchev–Trinajstić information content (AvgIpc) is 2.16. The zero-order valence-electron chi connectivity index (χ0n) is 9.20. The Bertz CT molecular complexity index is 284. The third-order valence-corrected chi connectivity index (χ3v) is 2.14. The largest absolute Gasteiger partial charge is 0.330 e. The number of hydrogen-bond donors (Lipinski definition) is 1. The van der Waals surface area contributed by atoms with Crippen LogP contribution in [0.3, 0.4) is 0 Å². The van der Waals surface area contributed by atoms with E-state index in [-0.39, 0.29) is 5.92 Å². The van der Waals surface area contributed by atoms with Crippen molar-refractivity contribution in [1.82, 2.24) is 9.97 Å². The summed E-state index contributed by atoms with van der Waals surface area (Å²) in [6, 6.07) is 1.98. The zero-order valence-corrected chi connectivity index (χ0v) is 9.20. The van der Waals surface area contributed by atoms with Gasteiger partial charge in [-0.15, -0.1) is 0 Å². The minimum absolute atomic E-state index is 0.252. The molecule has 2 N–H and O–H groups in total. The maximum absolute atomic E-state index is 5.58. The molecular weight excluding hydrogens is 174 g/mol. The van der Waals surface area contributed by atoms with Gasteiger partial charge < -0.3 is 5.73 Å². The topological polar surface area (TPSA) is 51.8 Å². The quantitative estimate of drug-likeness (QED) is 0.792. The van der Waals surface area contributed by atoms with Gasteiger partial charge in [0.25, 0.3) is 0 Å². The first-order valence-electron chi connectivity index (χ1n) is 5.15. The third-order valence-electron chi connectivity index (χ3n) is 2.14. The first kappa shape index (κ1) is 11.1. The average molecular weight is 193 g/mol. The molecule has 0 aromatic carbocycles. The summed E-state index contributed by atoms with van der Waals surface area (Å²) in [5, 5.41) is 0. The summed E-state index contributed by atoms with van der Waals surface area (Å²) in [5.41, 5.74) is 6.69. The summed E-state index contributed by atoms with van der Waals surface area (Å²) in [6.07, 6.45) is 2.83. The zero-order chi connectivity index (χ0) is 10.6. The molecule has 1 unspecified atom stereocenters. The van der Waals surface area contributed by atoms with Crippen molar-refractivity contribution in [2.24, 2.45) is 11.7 Å². The van der Waals surface area contributed by atoms with Crippen LogP contribution in [0.1, 0.15) is 38.2 Å². The summed E-state index contributed by atoms with van der Waals surface area (Å²) in [4.78, 5) is 8.72. The number of rotatable bonds is 4. The van der Waals surface area contributed by atoms with Crippen molar-refractivity contribution in [2.45, 2.75) is 33.1 Å². The predicted octanol–water partition coefficient (Wildman–Crippen LogP) is 1.74. The Kier molecular flexibility index (Phi) is 4.01. The second-order valence-electron chi connectivity index (χ2n) is 4.14. The molecule has 0 saturated heterocycles. The van der Waals surface area contributed by atoms with Gasteiger partial charge in [0.15, 0.2) is 0 Å². The Morgan fingerprint density at radius 3 is 2.64 bits per heavy atom. The van der Waals surface area contributed by atoms with Crippen molar-refractivity contribution < 1.29 is 0 Å². The minimum Gasteiger partial charge on any atom is -0.330 e. The molecule has 0 bridgehead atoms. The van der Waals surface area contributed by atoms with E-state index in [2.05, 4.69) is 30.7 Å². The Morgan fingerprint density at radius 2 is 2.07 bits per heavy atom. The van der Waals surface area contributed by atoms with Gasteiger partial charge in [0.1, 0.15) is 5.82 Å². The molecule has 0 radical (unpaired) electrons. The highest BCUT2D eigenvalue weighted by Crippen LogP contribution is 2.10. The molecule has 1 heterocycles. The van der Waals surface area contributed by atoms with E-state index in [0.29, 0.717) is 12.5 Å². The van der Waals surface area contributed by atoms with E-state index in [0.717, 1.165) is 17.9 Å². The smallest absolute Gasteiger partial charge is 0.132 e. The van der Waals surface area contributed by atoms with Gasteiger partial charge in [-0.25, -0.2) is 9.97 Å². The van der Waals surface area contributed by atoms with Crippen molar-refractivity contribution in [3.05, 3.63) is 23.8 Å². The summed E-state index contributed by atoms with van der Waals surface area (Å²) >= 11 is 0. The van der Waals surface area contributed by atoms with E-state index in [9.17, 15) is 0 Å². The molecule has 0 fully saturated rings. The molecule has 0 aliphatic heterocycles.